The number of likely N-dealkylation sites (tertiary alicyclic amines) is 1. The number of phenolic OH excluding ortho intramolecular Hbond substituents is 1. The van der Waals surface area contributed by atoms with E-state index in [1.165, 1.54) is 0 Å². The predicted octanol–water partition coefficient (Wildman–Crippen LogP) is 5.24. The Morgan fingerprint density at radius 3 is 2.42 bits per heavy atom. The lowest BCUT2D eigenvalue weighted by atomic mass is 9.91. The molecule has 0 radical (unpaired) electrons. The zero-order valence-electron chi connectivity index (χ0n) is 18.2. The van der Waals surface area contributed by atoms with Crippen LogP contribution < -0.4 is 0 Å². The summed E-state index contributed by atoms with van der Waals surface area (Å²) in [7, 11) is 0. The summed E-state index contributed by atoms with van der Waals surface area (Å²) in [5.74, 6) is 0.565. The second-order valence-corrected chi connectivity index (χ2v) is 9.74. The van der Waals surface area contributed by atoms with E-state index in [0.29, 0.717) is 24.0 Å². The lowest BCUT2D eigenvalue weighted by Gasteiger charge is -2.25. The van der Waals surface area contributed by atoms with Gasteiger partial charge in [-0.3, -0.25) is 4.90 Å². The van der Waals surface area contributed by atoms with E-state index in [1.54, 1.807) is 12.1 Å². The van der Waals surface area contributed by atoms with Crippen molar-refractivity contribution in [3.05, 3.63) is 88.4 Å². The zero-order valence-corrected chi connectivity index (χ0v) is 19.0. The smallest absolute Gasteiger partial charge is 0.411 e. The fourth-order valence-corrected chi connectivity index (χ4v) is 5.94. The molecule has 3 aliphatic rings. The molecular weight excluding hydrogens is 436 g/mol. The summed E-state index contributed by atoms with van der Waals surface area (Å²) in [5, 5.41) is 10.2. The minimum atomic E-state index is -0.720. The van der Waals surface area contributed by atoms with Crippen LogP contribution in [0.2, 0.25) is 5.02 Å². The second kappa shape index (κ2) is 7.79. The monoisotopic (exact) mass is 460 g/mol. The van der Waals surface area contributed by atoms with Gasteiger partial charge in [0.1, 0.15) is 5.75 Å². The first-order valence-electron chi connectivity index (χ1n) is 11.4. The van der Waals surface area contributed by atoms with Crippen LogP contribution >= 0.6 is 11.6 Å². The Labute approximate surface area is 198 Å². The number of ether oxygens (including phenoxy) is 1. The molecule has 2 aliphatic heterocycles. The molecule has 0 bridgehead atoms. The molecule has 3 aromatic rings. The van der Waals surface area contributed by atoms with Gasteiger partial charge in [-0.1, -0.05) is 66.2 Å². The minimum Gasteiger partial charge on any atom is -0.508 e. The van der Waals surface area contributed by atoms with Crippen LogP contribution in [-0.4, -0.2) is 47.2 Å². The van der Waals surface area contributed by atoms with Gasteiger partial charge in [0.2, 0.25) is 0 Å². The molecular formula is C27H25ClN2O3. The number of carbonyl (C=O) groups is 1. The van der Waals surface area contributed by atoms with Crippen molar-refractivity contribution in [2.24, 2.45) is 5.92 Å². The largest absolute Gasteiger partial charge is 0.508 e. The SMILES string of the molecule is O=C1OC2(CN1CC1CCN(Cc3ccc(O)cc3Cl)C1)c1ccccc1-c1ccccc12. The van der Waals surface area contributed by atoms with Gasteiger partial charge in [-0.25, -0.2) is 4.79 Å². The van der Waals surface area contributed by atoms with Crippen LogP contribution in [0, 0.1) is 5.92 Å². The highest BCUT2D eigenvalue weighted by atomic mass is 35.5. The van der Waals surface area contributed by atoms with Crippen LogP contribution in [0.25, 0.3) is 11.1 Å². The molecule has 2 heterocycles. The molecule has 33 heavy (non-hydrogen) atoms. The number of nitrogens with zero attached hydrogens (tertiary/aromatic N) is 2. The number of carbonyl (C=O) groups excluding carboxylic acids is 1. The molecule has 3 aromatic carbocycles. The summed E-state index contributed by atoms with van der Waals surface area (Å²) in [4.78, 5) is 17.3. The summed E-state index contributed by atoms with van der Waals surface area (Å²) in [5.41, 5.74) is 4.76. The van der Waals surface area contributed by atoms with Gasteiger partial charge >= 0.3 is 6.09 Å². The summed E-state index contributed by atoms with van der Waals surface area (Å²) < 4.78 is 6.17. The average molecular weight is 461 g/mol. The number of rotatable bonds is 4. The molecule has 6 heteroatoms. The van der Waals surface area contributed by atoms with Crippen LogP contribution in [0.5, 0.6) is 5.75 Å². The molecule has 1 N–H and O–H groups in total. The average Bonchev–Trinajstić information content (AvgIpc) is 3.47. The van der Waals surface area contributed by atoms with Gasteiger partial charge in [-0.15, -0.1) is 0 Å². The number of fused-ring (bicyclic) bond motifs is 5. The molecule has 0 aromatic heterocycles. The number of hydrogen-bond acceptors (Lipinski definition) is 4. The number of phenols is 1. The standard InChI is InChI=1S/C27H25ClN2O3/c28-25-13-20(31)10-9-19(25)16-29-12-11-18(14-29)15-30-17-27(33-26(30)32)23-7-3-1-5-21(23)22-6-2-4-8-24(22)27/h1-10,13,18,31H,11-12,14-17H2. The van der Waals surface area contributed by atoms with E-state index < -0.39 is 5.60 Å². The molecule has 1 atom stereocenters. The molecule has 1 aliphatic carbocycles. The lowest BCUT2D eigenvalue weighted by Crippen LogP contribution is -2.35. The van der Waals surface area contributed by atoms with Crippen molar-refractivity contribution in [2.75, 3.05) is 26.2 Å². The molecule has 6 rings (SSSR count). The predicted molar refractivity (Wildman–Crippen MR) is 127 cm³/mol. The Morgan fingerprint density at radius 1 is 1.03 bits per heavy atom. The number of amides is 1. The van der Waals surface area contributed by atoms with Crippen molar-refractivity contribution in [3.63, 3.8) is 0 Å². The first-order chi connectivity index (χ1) is 16.0. The van der Waals surface area contributed by atoms with Crippen molar-refractivity contribution in [1.82, 2.24) is 9.80 Å². The van der Waals surface area contributed by atoms with Crippen molar-refractivity contribution < 1.29 is 14.6 Å². The fraction of sp³-hybridized carbons (Fsp3) is 0.296. The Kier molecular flexibility index (Phi) is 4.86. The van der Waals surface area contributed by atoms with Crippen molar-refractivity contribution >= 4 is 17.7 Å². The van der Waals surface area contributed by atoms with Gasteiger partial charge in [0.05, 0.1) is 6.54 Å². The normalized spacial score (nSPS) is 20.8. The topological polar surface area (TPSA) is 53.0 Å². The van der Waals surface area contributed by atoms with Crippen molar-refractivity contribution in [1.29, 1.82) is 0 Å². The summed E-state index contributed by atoms with van der Waals surface area (Å²) >= 11 is 6.30. The van der Waals surface area contributed by atoms with E-state index in [9.17, 15) is 9.90 Å². The molecule has 2 fully saturated rings. The van der Waals surface area contributed by atoms with E-state index in [1.807, 2.05) is 35.2 Å². The highest BCUT2D eigenvalue weighted by Gasteiger charge is 2.53. The Morgan fingerprint density at radius 2 is 1.73 bits per heavy atom. The van der Waals surface area contributed by atoms with E-state index in [4.69, 9.17) is 16.3 Å². The third-order valence-electron chi connectivity index (χ3n) is 7.23. The molecule has 2 saturated heterocycles. The van der Waals surface area contributed by atoms with Crippen LogP contribution in [0.4, 0.5) is 4.79 Å². The first kappa shape index (κ1) is 20.6. The molecule has 1 unspecified atom stereocenters. The molecule has 1 spiro atoms. The van der Waals surface area contributed by atoms with Gasteiger partial charge in [-0.05, 0) is 47.7 Å². The highest BCUT2D eigenvalue weighted by Crippen LogP contribution is 2.52. The number of halogens is 1. The van der Waals surface area contributed by atoms with Crippen LogP contribution in [-0.2, 0) is 16.9 Å². The maximum atomic E-state index is 13.0. The highest BCUT2D eigenvalue weighted by molar-refractivity contribution is 6.31. The maximum absolute atomic E-state index is 13.0. The quantitative estimate of drug-likeness (QED) is 0.578. The van der Waals surface area contributed by atoms with E-state index in [2.05, 4.69) is 29.2 Å². The Balaban J connectivity index is 1.18. The van der Waals surface area contributed by atoms with E-state index >= 15 is 0 Å². The summed E-state index contributed by atoms with van der Waals surface area (Å²) in [6.07, 6.45) is 0.793. The maximum Gasteiger partial charge on any atom is 0.411 e. The summed E-state index contributed by atoms with van der Waals surface area (Å²) in [6.45, 7) is 3.83. The van der Waals surface area contributed by atoms with Crippen LogP contribution in [0.3, 0.4) is 0 Å². The molecule has 5 nitrogen and oxygen atoms in total. The first-order valence-corrected chi connectivity index (χ1v) is 11.8. The Bertz CT molecular complexity index is 1200. The van der Waals surface area contributed by atoms with Crippen LogP contribution in [0.15, 0.2) is 66.7 Å². The van der Waals surface area contributed by atoms with Gasteiger partial charge in [0, 0.05) is 35.8 Å². The lowest BCUT2D eigenvalue weighted by molar-refractivity contribution is 0.0888. The van der Waals surface area contributed by atoms with Gasteiger partial charge < -0.3 is 14.7 Å². The third-order valence-corrected chi connectivity index (χ3v) is 7.58. The number of aromatic hydroxyl groups is 1. The van der Waals surface area contributed by atoms with Crippen molar-refractivity contribution in [3.8, 4) is 16.9 Å². The van der Waals surface area contributed by atoms with Crippen LogP contribution in [0.1, 0.15) is 23.1 Å². The van der Waals surface area contributed by atoms with Gasteiger partial charge in [0.25, 0.3) is 0 Å². The zero-order chi connectivity index (χ0) is 22.6. The van der Waals surface area contributed by atoms with E-state index in [-0.39, 0.29) is 11.8 Å². The van der Waals surface area contributed by atoms with Gasteiger partial charge in [0.15, 0.2) is 5.60 Å². The molecule has 1 amide bonds. The minimum absolute atomic E-state index is 0.180. The van der Waals surface area contributed by atoms with Crippen molar-refractivity contribution in [2.45, 2.75) is 18.6 Å². The Hall–Kier alpha value is -3.02. The summed E-state index contributed by atoms with van der Waals surface area (Å²) in [6, 6.07) is 21.7. The number of hydrogen-bond donors (Lipinski definition) is 1. The number of benzene rings is 3. The van der Waals surface area contributed by atoms with E-state index in [0.717, 1.165) is 53.9 Å². The fourth-order valence-electron chi connectivity index (χ4n) is 5.71. The van der Waals surface area contributed by atoms with Gasteiger partial charge in [-0.2, -0.15) is 0 Å². The third kappa shape index (κ3) is 3.38. The molecule has 0 saturated carbocycles. The molecule has 168 valence electrons. The second-order valence-electron chi connectivity index (χ2n) is 9.33.